The molecule has 0 saturated heterocycles. The summed E-state index contributed by atoms with van der Waals surface area (Å²) in [6, 6.07) is 7.69. The molecule has 108 valence electrons. The van der Waals surface area contributed by atoms with Crippen LogP contribution >= 0.6 is 11.6 Å². The summed E-state index contributed by atoms with van der Waals surface area (Å²) in [5.74, 6) is 1.02. The molecule has 0 aliphatic heterocycles. The number of nitrogens with one attached hydrogen (secondary N) is 1. The van der Waals surface area contributed by atoms with E-state index in [0.29, 0.717) is 22.5 Å². The molecule has 1 aromatic carbocycles. The number of aryl methyl sites for hydroxylation is 1. The highest BCUT2D eigenvalue weighted by Crippen LogP contribution is 2.14. The summed E-state index contributed by atoms with van der Waals surface area (Å²) >= 11 is 5.83. The lowest BCUT2D eigenvalue weighted by molar-refractivity contribution is -0.384. The van der Waals surface area contributed by atoms with Crippen molar-refractivity contribution in [2.75, 3.05) is 5.43 Å². The van der Waals surface area contributed by atoms with Gasteiger partial charge in [-0.05, 0) is 31.5 Å². The van der Waals surface area contributed by atoms with E-state index in [0.717, 1.165) is 5.56 Å². The van der Waals surface area contributed by atoms with Crippen LogP contribution in [-0.4, -0.2) is 20.6 Å². The molecule has 21 heavy (non-hydrogen) atoms. The Morgan fingerprint density at radius 1 is 1.33 bits per heavy atom. The first-order valence-electron chi connectivity index (χ1n) is 6.02. The van der Waals surface area contributed by atoms with Crippen LogP contribution in [0.25, 0.3) is 0 Å². The molecule has 2 rings (SSSR count). The Bertz CT molecular complexity index is 680. The number of benzene rings is 1. The predicted octanol–water partition coefficient (Wildman–Crippen LogP) is 3.18. The molecule has 2 aromatic rings. The van der Waals surface area contributed by atoms with E-state index < -0.39 is 4.92 Å². The number of nitro benzene ring substituents is 1. The highest BCUT2D eigenvalue weighted by Gasteiger charge is 2.05. The molecule has 0 spiro atoms. The number of nitro groups is 1. The molecule has 8 heteroatoms. The maximum atomic E-state index is 10.6. The molecular weight excluding hydrogens is 294 g/mol. The second-order valence-corrected chi connectivity index (χ2v) is 4.62. The Kier molecular flexibility index (Phi) is 4.44. The number of anilines is 1. The fraction of sp³-hybridized carbons (Fsp3) is 0.154. The zero-order valence-corrected chi connectivity index (χ0v) is 12.1. The molecule has 0 amide bonds. The Hall–Kier alpha value is -2.54. The summed E-state index contributed by atoms with van der Waals surface area (Å²) in [6.07, 6.45) is 0. The van der Waals surface area contributed by atoms with Gasteiger partial charge in [-0.25, -0.2) is 9.97 Å². The van der Waals surface area contributed by atoms with Gasteiger partial charge in [-0.3, -0.25) is 15.5 Å². The van der Waals surface area contributed by atoms with Crippen molar-refractivity contribution in [2.24, 2.45) is 5.10 Å². The van der Waals surface area contributed by atoms with Gasteiger partial charge >= 0.3 is 0 Å². The predicted molar refractivity (Wildman–Crippen MR) is 80.7 cm³/mol. The van der Waals surface area contributed by atoms with Gasteiger partial charge in [0.05, 0.1) is 10.6 Å². The van der Waals surface area contributed by atoms with E-state index >= 15 is 0 Å². The molecule has 0 fully saturated rings. The molecule has 1 aromatic heterocycles. The number of rotatable bonds is 4. The van der Waals surface area contributed by atoms with Gasteiger partial charge in [0, 0.05) is 18.2 Å². The van der Waals surface area contributed by atoms with Crippen molar-refractivity contribution in [1.82, 2.24) is 9.97 Å². The summed E-state index contributed by atoms with van der Waals surface area (Å²) in [4.78, 5) is 18.2. The van der Waals surface area contributed by atoms with Gasteiger partial charge in [-0.15, -0.1) is 0 Å². The lowest BCUT2D eigenvalue weighted by Crippen LogP contribution is -2.02. The van der Waals surface area contributed by atoms with E-state index in [9.17, 15) is 10.1 Å². The summed E-state index contributed by atoms with van der Waals surface area (Å²) in [6.45, 7) is 3.51. The molecule has 0 bridgehead atoms. The Morgan fingerprint density at radius 3 is 2.57 bits per heavy atom. The van der Waals surface area contributed by atoms with Crippen LogP contribution in [0.5, 0.6) is 0 Å². The lowest BCUT2D eigenvalue weighted by atomic mass is 10.1. The first kappa shape index (κ1) is 14.9. The minimum absolute atomic E-state index is 0.0396. The number of aromatic nitrogens is 2. The average Bonchev–Trinajstić information content (AvgIpc) is 2.44. The Morgan fingerprint density at radius 2 is 2.00 bits per heavy atom. The molecule has 0 radical (unpaired) electrons. The van der Waals surface area contributed by atoms with Gasteiger partial charge in [0.2, 0.25) is 0 Å². The van der Waals surface area contributed by atoms with E-state index in [2.05, 4.69) is 20.5 Å². The number of halogens is 1. The number of nitrogens with zero attached hydrogens (tertiary/aromatic N) is 4. The van der Waals surface area contributed by atoms with Crippen LogP contribution in [0.2, 0.25) is 5.15 Å². The standard InChI is InChI=1S/C13H12ClN5O2/c1-8(10-3-5-11(6-4-10)19(20)21)17-18-13-7-12(14)15-9(2)16-13/h3-7H,1-2H3,(H,15,16,18)/b17-8+. The average molecular weight is 306 g/mol. The molecule has 7 nitrogen and oxygen atoms in total. The minimum atomic E-state index is -0.444. The second-order valence-electron chi connectivity index (χ2n) is 4.24. The maximum absolute atomic E-state index is 10.6. The lowest BCUT2D eigenvalue weighted by Gasteiger charge is -2.04. The third kappa shape index (κ3) is 3.96. The monoisotopic (exact) mass is 305 g/mol. The van der Waals surface area contributed by atoms with Crippen LogP contribution in [0.15, 0.2) is 35.4 Å². The van der Waals surface area contributed by atoms with Gasteiger partial charge in [0.15, 0.2) is 5.82 Å². The molecule has 0 saturated carbocycles. The van der Waals surface area contributed by atoms with Crippen LogP contribution in [0, 0.1) is 17.0 Å². The van der Waals surface area contributed by atoms with Crippen LogP contribution < -0.4 is 5.43 Å². The quantitative estimate of drug-likeness (QED) is 0.405. The fourth-order valence-electron chi connectivity index (χ4n) is 1.62. The van der Waals surface area contributed by atoms with Crippen molar-refractivity contribution in [3.63, 3.8) is 0 Å². The molecular formula is C13H12ClN5O2. The Balaban J connectivity index is 2.15. The molecule has 0 aliphatic carbocycles. The number of non-ortho nitro benzene ring substituents is 1. The molecule has 0 atom stereocenters. The van der Waals surface area contributed by atoms with E-state index in [-0.39, 0.29) is 5.69 Å². The van der Waals surface area contributed by atoms with E-state index in [1.54, 1.807) is 32.0 Å². The van der Waals surface area contributed by atoms with Crippen molar-refractivity contribution in [2.45, 2.75) is 13.8 Å². The van der Waals surface area contributed by atoms with Crippen LogP contribution in [-0.2, 0) is 0 Å². The van der Waals surface area contributed by atoms with Gasteiger partial charge < -0.3 is 0 Å². The molecule has 0 aliphatic rings. The van der Waals surface area contributed by atoms with Gasteiger partial charge in [-0.1, -0.05) is 11.6 Å². The first-order chi connectivity index (χ1) is 9.95. The maximum Gasteiger partial charge on any atom is 0.269 e. The summed E-state index contributed by atoms with van der Waals surface area (Å²) in [5.41, 5.74) is 4.25. The highest BCUT2D eigenvalue weighted by atomic mass is 35.5. The summed E-state index contributed by atoms with van der Waals surface area (Å²) in [7, 11) is 0. The normalized spacial score (nSPS) is 11.3. The van der Waals surface area contributed by atoms with Gasteiger partial charge in [-0.2, -0.15) is 5.10 Å². The zero-order valence-electron chi connectivity index (χ0n) is 11.4. The largest absolute Gasteiger partial charge is 0.269 e. The Labute approximate surface area is 125 Å². The summed E-state index contributed by atoms with van der Waals surface area (Å²) < 4.78 is 0. The van der Waals surface area contributed by atoms with E-state index in [1.807, 2.05) is 0 Å². The first-order valence-corrected chi connectivity index (χ1v) is 6.40. The fourth-order valence-corrected chi connectivity index (χ4v) is 1.84. The van der Waals surface area contributed by atoms with Gasteiger partial charge in [0.25, 0.3) is 5.69 Å². The van der Waals surface area contributed by atoms with E-state index in [4.69, 9.17) is 11.6 Å². The second kappa shape index (κ2) is 6.27. The number of hydrogen-bond acceptors (Lipinski definition) is 6. The van der Waals surface area contributed by atoms with Crippen LogP contribution in [0.1, 0.15) is 18.3 Å². The van der Waals surface area contributed by atoms with Crippen molar-refractivity contribution in [3.05, 3.63) is 57.0 Å². The van der Waals surface area contributed by atoms with Crippen LogP contribution in [0.4, 0.5) is 11.5 Å². The topological polar surface area (TPSA) is 93.3 Å². The van der Waals surface area contributed by atoms with E-state index in [1.165, 1.54) is 12.1 Å². The third-order valence-corrected chi connectivity index (χ3v) is 2.83. The van der Waals surface area contributed by atoms with Crippen LogP contribution in [0.3, 0.4) is 0 Å². The molecule has 1 heterocycles. The van der Waals surface area contributed by atoms with Crippen molar-refractivity contribution in [1.29, 1.82) is 0 Å². The number of hydrogen-bond donors (Lipinski definition) is 1. The SMILES string of the molecule is C/C(=N\Nc1cc(Cl)nc(C)n1)c1ccc([N+](=O)[O-])cc1. The smallest absolute Gasteiger partial charge is 0.261 e. The van der Waals surface area contributed by atoms with Crippen molar-refractivity contribution >= 4 is 28.8 Å². The highest BCUT2D eigenvalue weighted by molar-refractivity contribution is 6.29. The zero-order chi connectivity index (χ0) is 15.4. The van der Waals surface area contributed by atoms with Gasteiger partial charge in [0.1, 0.15) is 11.0 Å². The summed E-state index contributed by atoms with van der Waals surface area (Å²) in [5, 5.41) is 15.1. The number of hydrazone groups is 1. The molecule has 1 N–H and O–H groups in total. The molecule has 0 unspecified atom stereocenters. The minimum Gasteiger partial charge on any atom is -0.261 e. The van der Waals surface area contributed by atoms with Crippen molar-refractivity contribution in [3.8, 4) is 0 Å². The van der Waals surface area contributed by atoms with Crippen molar-refractivity contribution < 1.29 is 4.92 Å². The third-order valence-electron chi connectivity index (χ3n) is 2.64.